The Balaban J connectivity index is 1.73. The van der Waals surface area contributed by atoms with Gasteiger partial charge in [-0.05, 0) is 38.4 Å². The van der Waals surface area contributed by atoms with Crippen LogP contribution in [0.5, 0.6) is 5.75 Å². The lowest BCUT2D eigenvalue weighted by atomic mass is 10.2. The molecule has 1 heterocycles. The first-order valence-corrected chi connectivity index (χ1v) is 7.92. The molecule has 1 atom stereocenters. The minimum absolute atomic E-state index is 0.626. The summed E-state index contributed by atoms with van der Waals surface area (Å²) >= 11 is 0. The first-order valence-electron chi connectivity index (χ1n) is 7.92. The van der Waals surface area contributed by atoms with Crippen LogP contribution in [0.15, 0.2) is 24.3 Å². The predicted molar refractivity (Wildman–Crippen MR) is 86.0 cm³/mol. The monoisotopic (exact) mass is 292 g/mol. The second-order valence-electron chi connectivity index (χ2n) is 5.75. The molecular weight excluding hydrogens is 264 g/mol. The molecule has 2 rings (SSSR count). The largest absolute Gasteiger partial charge is 0.492 e. The molecule has 0 radical (unpaired) electrons. The number of nitrogens with zero attached hydrogens (tertiary/aromatic N) is 1. The van der Waals surface area contributed by atoms with Gasteiger partial charge in [0.15, 0.2) is 0 Å². The quantitative estimate of drug-likeness (QED) is 0.755. The van der Waals surface area contributed by atoms with Crippen LogP contribution in [0.1, 0.15) is 18.4 Å². The fraction of sp³-hybridized carbons (Fsp3) is 0.647. The van der Waals surface area contributed by atoms with Crippen molar-refractivity contribution in [2.24, 2.45) is 0 Å². The number of nitrogens with one attached hydrogen (secondary N) is 1. The predicted octanol–water partition coefficient (Wildman–Crippen LogP) is 2.07. The van der Waals surface area contributed by atoms with Gasteiger partial charge >= 0.3 is 0 Å². The molecule has 1 aliphatic heterocycles. The minimum atomic E-state index is 0.626. The summed E-state index contributed by atoms with van der Waals surface area (Å²) in [5.74, 6) is 0.950. The van der Waals surface area contributed by atoms with Crippen molar-refractivity contribution < 1.29 is 9.47 Å². The number of methoxy groups -OCH3 is 1. The average Bonchev–Trinajstić information content (AvgIpc) is 2.99. The van der Waals surface area contributed by atoms with E-state index < -0.39 is 0 Å². The zero-order valence-corrected chi connectivity index (χ0v) is 13.3. The van der Waals surface area contributed by atoms with Crippen LogP contribution in [0.4, 0.5) is 0 Å². The van der Waals surface area contributed by atoms with E-state index in [2.05, 4.69) is 29.3 Å². The van der Waals surface area contributed by atoms with Crippen molar-refractivity contribution in [3.8, 4) is 5.75 Å². The van der Waals surface area contributed by atoms with Crippen molar-refractivity contribution in [2.75, 3.05) is 46.5 Å². The van der Waals surface area contributed by atoms with Crippen molar-refractivity contribution >= 4 is 0 Å². The first kappa shape index (κ1) is 16.3. The van der Waals surface area contributed by atoms with Gasteiger partial charge in [-0.1, -0.05) is 17.7 Å². The summed E-state index contributed by atoms with van der Waals surface area (Å²) in [7, 11) is 1.76. The fourth-order valence-corrected chi connectivity index (χ4v) is 2.67. The Morgan fingerprint density at radius 2 is 1.95 bits per heavy atom. The molecule has 0 spiro atoms. The molecule has 4 heteroatoms. The highest BCUT2D eigenvalue weighted by molar-refractivity contribution is 5.26. The third-order valence-electron chi connectivity index (χ3n) is 3.95. The zero-order valence-electron chi connectivity index (χ0n) is 13.3. The Hall–Kier alpha value is -1.10. The molecule has 1 fully saturated rings. The molecule has 0 amide bonds. The number of aryl methyl sites for hydroxylation is 1. The molecule has 4 nitrogen and oxygen atoms in total. The Kier molecular flexibility index (Phi) is 7.00. The van der Waals surface area contributed by atoms with Gasteiger partial charge in [-0.15, -0.1) is 0 Å². The third kappa shape index (κ3) is 6.04. The van der Waals surface area contributed by atoms with E-state index >= 15 is 0 Å². The molecule has 1 aromatic rings. The van der Waals surface area contributed by atoms with Crippen molar-refractivity contribution in [3.63, 3.8) is 0 Å². The molecule has 1 aliphatic rings. The first-order chi connectivity index (χ1) is 10.3. The van der Waals surface area contributed by atoms with Gasteiger partial charge in [0.05, 0.1) is 6.61 Å². The minimum Gasteiger partial charge on any atom is -0.492 e. The van der Waals surface area contributed by atoms with Crippen LogP contribution < -0.4 is 10.1 Å². The van der Waals surface area contributed by atoms with E-state index in [9.17, 15) is 0 Å². The molecule has 21 heavy (non-hydrogen) atoms. The van der Waals surface area contributed by atoms with Crippen LogP contribution in [0.2, 0.25) is 0 Å². The van der Waals surface area contributed by atoms with E-state index in [1.165, 1.54) is 18.4 Å². The second-order valence-corrected chi connectivity index (χ2v) is 5.75. The molecule has 1 unspecified atom stereocenters. The molecule has 0 saturated carbocycles. The summed E-state index contributed by atoms with van der Waals surface area (Å²) in [5.41, 5.74) is 1.26. The van der Waals surface area contributed by atoms with Gasteiger partial charge in [-0.25, -0.2) is 0 Å². The third-order valence-corrected chi connectivity index (χ3v) is 3.95. The summed E-state index contributed by atoms with van der Waals surface area (Å²) in [5, 5.41) is 3.55. The van der Waals surface area contributed by atoms with E-state index in [1.807, 2.05) is 12.1 Å². The number of benzene rings is 1. The van der Waals surface area contributed by atoms with Gasteiger partial charge in [-0.3, -0.25) is 4.90 Å². The maximum atomic E-state index is 5.83. The SMILES string of the molecule is COCCN(CCOc1ccc(C)cc1)CC1CCCN1. The van der Waals surface area contributed by atoms with Gasteiger partial charge in [0.25, 0.3) is 0 Å². The van der Waals surface area contributed by atoms with Gasteiger partial charge in [-0.2, -0.15) is 0 Å². The van der Waals surface area contributed by atoms with E-state index in [4.69, 9.17) is 9.47 Å². The Bertz CT molecular complexity index is 388. The van der Waals surface area contributed by atoms with Crippen LogP contribution in [-0.2, 0) is 4.74 Å². The second kappa shape index (κ2) is 9.03. The lowest BCUT2D eigenvalue weighted by Gasteiger charge is -2.25. The smallest absolute Gasteiger partial charge is 0.119 e. The van der Waals surface area contributed by atoms with Crippen LogP contribution in [0.25, 0.3) is 0 Å². The highest BCUT2D eigenvalue weighted by Crippen LogP contribution is 2.11. The Labute approximate surface area is 128 Å². The Morgan fingerprint density at radius 3 is 2.62 bits per heavy atom. The standard InChI is InChI=1S/C17H28N2O2/c1-15-5-7-17(8-6-15)21-13-11-19(10-12-20-2)14-16-4-3-9-18-16/h5-8,16,18H,3-4,9-14H2,1-2H3. The summed E-state index contributed by atoms with van der Waals surface area (Å²) < 4.78 is 11.0. The summed E-state index contributed by atoms with van der Waals surface area (Å²) in [6.45, 7) is 7.73. The van der Waals surface area contributed by atoms with E-state index in [0.29, 0.717) is 6.04 Å². The maximum absolute atomic E-state index is 5.83. The lowest BCUT2D eigenvalue weighted by molar-refractivity contribution is 0.129. The number of hydrogen-bond acceptors (Lipinski definition) is 4. The van der Waals surface area contributed by atoms with Crippen molar-refractivity contribution in [1.29, 1.82) is 0 Å². The summed E-state index contributed by atoms with van der Waals surface area (Å²) in [4.78, 5) is 2.43. The molecule has 1 saturated heterocycles. The lowest BCUT2D eigenvalue weighted by Crippen LogP contribution is -2.41. The van der Waals surface area contributed by atoms with Crippen LogP contribution >= 0.6 is 0 Å². The van der Waals surface area contributed by atoms with E-state index in [-0.39, 0.29) is 0 Å². The van der Waals surface area contributed by atoms with Crippen LogP contribution in [-0.4, -0.2) is 57.4 Å². The van der Waals surface area contributed by atoms with Gasteiger partial charge in [0.2, 0.25) is 0 Å². The molecule has 0 bridgehead atoms. The molecule has 1 N–H and O–H groups in total. The highest BCUT2D eigenvalue weighted by Gasteiger charge is 2.17. The van der Waals surface area contributed by atoms with Crippen LogP contribution in [0.3, 0.4) is 0 Å². The molecule has 118 valence electrons. The Morgan fingerprint density at radius 1 is 1.19 bits per heavy atom. The normalized spacial score (nSPS) is 18.3. The zero-order chi connectivity index (χ0) is 14.9. The highest BCUT2D eigenvalue weighted by atomic mass is 16.5. The van der Waals surface area contributed by atoms with E-state index in [0.717, 1.165) is 45.1 Å². The van der Waals surface area contributed by atoms with Gasteiger partial charge in [0, 0.05) is 32.8 Å². The summed E-state index contributed by atoms with van der Waals surface area (Å²) in [6, 6.07) is 8.86. The van der Waals surface area contributed by atoms with Crippen molar-refractivity contribution in [1.82, 2.24) is 10.2 Å². The maximum Gasteiger partial charge on any atom is 0.119 e. The van der Waals surface area contributed by atoms with Gasteiger partial charge < -0.3 is 14.8 Å². The van der Waals surface area contributed by atoms with Crippen molar-refractivity contribution in [3.05, 3.63) is 29.8 Å². The van der Waals surface area contributed by atoms with Crippen molar-refractivity contribution in [2.45, 2.75) is 25.8 Å². The number of hydrogen-bond donors (Lipinski definition) is 1. The number of ether oxygens (including phenoxy) is 2. The number of rotatable bonds is 9. The summed E-state index contributed by atoms with van der Waals surface area (Å²) in [6.07, 6.45) is 2.57. The average molecular weight is 292 g/mol. The van der Waals surface area contributed by atoms with Crippen LogP contribution in [0, 0.1) is 6.92 Å². The molecule has 0 aromatic heterocycles. The van der Waals surface area contributed by atoms with E-state index in [1.54, 1.807) is 7.11 Å². The van der Waals surface area contributed by atoms with Gasteiger partial charge in [0.1, 0.15) is 12.4 Å². The molecular formula is C17H28N2O2. The topological polar surface area (TPSA) is 33.7 Å². The molecule has 1 aromatic carbocycles. The fourth-order valence-electron chi connectivity index (χ4n) is 2.67. The molecule has 0 aliphatic carbocycles.